The molecule has 0 radical (unpaired) electrons. The quantitative estimate of drug-likeness (QED) is 0.916. The molecule has 124 valence electrons. The smallest absolute Gasteiger partial charge is 0.243 e. The van der Waals surface area contributed by atoms with Gasteiger partial charge in [-0.25, -0.2) is 8.42 Å². The summed E-state index contributed by atoms with van der Waals surface area (Å²) in [5, 5.41) is 5.39. The Kier molecular flexibility index (Phi) is 4.99. The van der Waals surface area contributed by atoms with Crippen LogP contribution < -0.4 is 5.32 Å². The number of rotatable bonds is 5. The summed E-state index contributed by atoms with van der Waals surface area (Å²) in [6.07, 6.45) is 1.86. The van der Waals surface area contributed by atoms with E-state index in [1.807, 2.05) is 30.3 Å². The second-order valence-electron chi connectivity index (χ2n) is 6.16. The van der Waals surface area contributed by atoms with Crippen LogP contribution in [0.15, 0.2) is 47.4 Å². The Bertz CT molecular complexity index is 765. The van der Waals surface area contributed by atoms with Crippen LogP contribution in [-0.2, 0) is 10.0 Å². The summed E-state index contributed by atoms with van der Waals surface area (Å²) >= 11 is 0. The highest BCUT2D eigenvalue weighted by molar-refractivity contribution is 7.89. The van der Waals surface area contributed by atoms with Gasteiger partial charge in [0, 0.05) is 13.1 Å². The van der Waals surface area contributed by atoms with E-state index in [9.17, 15) is 8.42 Å². The van der Waals surface area contributed by atoms with Gasteiger partial charge in [-0.05, 0) is 54.8 Å². The van der Waals surface area contributed by atoms with Gasteiger partial charge in [-0.3, -0.25) is 0 Å². The topological polar surface area (TPSA) is 49.4 Å². The van der Waals surface area contributed by atoms with E-state index in [0.717, 1.165) is 36.7 Å². The lowest BCUT2D eigenvalue weighted by Crippen LogP contribution is -2.40. The lowest BCUT2D eigenvalue weighted by atomic mass is 9.98. The van der Waals surface area contributed by atoms with Crippen LogP contribution in [0.3, 0.4) is 0 Å². The zero-order valence-corrected chi connectivity index (χ0v) is 14.3. The Morgan fingerprint density at radius 1 is 1.09 bits per heavy atom. The number of nitrogens with one attached hydrogen (secondary N) is 1. The molecule has 1 N–H and O–H groups in total. The summed E-state index contributed by atoms with van der Waals surface area (Å²) in [5.74, 6) is 0.581. The summed E-state index contributed by atoms with van der Waals surface area (Å²) < 4.78 is 27.4. The minimum atomic E-state index is -3.38. The molecular formula is C18H24N2O2S. The maximum absolute atomic E-state index is 12.9. The van der Waals surface area contributed by atoms with Crippen molar-refractivity contribution >= 4 is 20.8 Å². The van der Waals surface area contributed by atoms with E-state index in [1.54, 1.807) is 16.4 Å². The largest absolute Gasteiger partial charge is 0.317 e. The normalized spacial score (nSPS) is 17.6. The van der Waals surface area contributed by atoms with Gasteiger partial charge in [-0.1, -0.05) is 37.3 Å². The number of benzene rings is 2. The number of hydrogen-bond acceptors (Lipinski definition) is 3. The van der Waals surface area contributed by atoms with Gasteiger partial charge in [0.15, 0.2) is 0 Å². The van der Waals surface area contributed by atoms with Crippen LogP contribution in [0.5, 0.6) is 0 Å². The molecule has 0 unspecified atom stereocenters. The Balaban J connectivity index is 1.76. The number of fused-ring (bicyclic) bond motifs is 1. The van der Waals surface area contributed by atoms with Gasteiger partial charge in [-0.15, -0.1) is 0 Å². The van der Waals surface area contributed by atoms with Crippen LogP contribution in [0.25, 0.3) is 10.8 Å². The third-order valence-electron chi connectivity index (χ3n) is 4.62. The first-order valence-corrected chi connectivity index (χ1v) is 9.75. The monoisotopic (exact) mass is 332 g/mol. The van der Waals surface area contributed by atoms with Crippen LogP contribution >= 0.6 is 0 Å². The Morgan fingerprint density at radius 2 is 1.78 bits per heavy atom. The molecule has 2 aromatic carbocycles. The fourth-order valence-corrected chi connectivity index (χ4v) is 4.68. The molecule has 0 bridgehead atoms. The molecule has 0 amide bonds. The fourth-order valence-electron chi connectivity index (χ4n) is 3.18. The third-order valence-corrected chi connectivity index (χ3v) is 6.51. The van der Waals surface area contributed by atoms with Crippen LogP contribution in [-0.4, -0.2) is 38.9 Å². The Morgan fingerprint density at radius 3 is 2.48 bits per heavy atom. The first-order valence-electron chi connectivity index (χ1n) is 8.31. The predicted molar refractivity (Wildman–Crippen MR) is 94.0 cm³/mol. The van der Waals surface area contributed by atoms with Gasteiger partial charge in [0.2, 0.25) is 10.0 Å². The fraction of sp³-hybridized carbons (Fsp3) is 0.444. The van der Waals surface area contributed by atoms with Crippen molar-refractivity contribution in [2.45, 2.75) is 24.7 Å². The van der Waals surface area contributed by atoms with Crippen molar-refractivity contribution in [2.24, 2.45) is 5.92 Å². The molecule has 0 spiro atoms. The summed E-state index contributed by atoms with van der Waals surface area (Å²) in [4.78, 5) is 0.404. The molecule has 1 saturated heterocycles. The summed E-state index contributed by atoms with van der Waals surface area (Å²) in [5.41, 5.74) is 0. The van der Waals surface area contributed by atoms with Crippen LogP contribution in [0, 0.1) is 5.92 Å². The average Bonchev–Trinajstić information content (AvgIpc) is 2.60. The Labute approximate surface area is 138 Å². The maximum atomic E-state index is 12.9. The molecule has 23 heavy (non-hydrogen) atoms. The van der Waals surface area contributed by atoms with Gasteiger partial charge < -0.3 is 5.32 Å². The Hall–Kier alpha value is -1.43. The van der Waals surface area contributed by atoms with E-state index >= 15 is 0 Å². The van der Waals surface area contributed by atoms with Crippen molar-refractivity contribution in [3.05, 3.63) is 42.5 Å². The van der Waals surface area contributed by atoms with E-state index < -0.39 is 10.0 Å². The summed E-state index contributed by atoms with van der Waals surface area (Å²) in [6, 6.07) is 13.3. The molecule has 0 atom stereocenters. The van der Waals surface area contributed by atoms with E-state index in [-0.39, 0.29) is 0 Å². The van der Waals surface area contributed by atoms with Crippen molar-refractivity contribution in [2.75, 3.05) is 26.2 Å². The zero-order valence-electron chi connectivity index (χ0n) is 13.5. The lowest BCUT2D eigenvalue weighted by molar-refractivity contribution is 0.268. The van der Waals surface area contributed by atoms with Gasteiger partial charge in [-0.2, -0.15) is 4.31 Å². The van der Waals surface area contributed by atoms with Crippen molar-refractivity contribution in [1.82, 2.24) is 9.62 Å². The minimum absolute atomic E-state index is 0.404. The molecule has 1 aliphatic heterocycles. The first kappa shape index (κ1) is 16.4. The maximum Gasteiger partial charge on any atom is 0.243 e. The van der Waals surface area contributed by atoms with Crippen LogP contribution in [0.1, 0.15) is 19.8 Å². The summed E-state index contributed by atoms with van der Waals surface area (Å²) in [7, 11) is -3.38. The zero-order chi connectivity index (χ0) is 16.3. The molecule has 1 heterocycles. The number of sulfonamides is 1. The van der Waals surface area contributed by atoms with Crippen molar-refractivity contribution in [3.63, 3.8) is 0 Å². The molecule has 0 aromatic heterocycles. The molecular weight excluding hydrogens is 308 g/mol. The molecule has 0 saturated carbocycles. The minimum Gasteiger partial charge on any atom is -0.317 e. The highest BCUT2D eigenvalue weighted by Crippen LogP contribution is 2.25. The lowest BCUT2D eigenvalue weighted by Gasteiger charge is -2.31. The molecule has 1 fully saturated rings. The van der Waals surface area contributed by atoms with E-state index in [1.165, 1.54) is 0 Å². The molecule has 3 rings (SSSR count). The highest BCUT2D eigenvalue weighted by atomic mass is 32.2. The van der Waals surface area contributed by atoms with Crippen molar-refractivity contribution in [1.29, 1.82) is 0 Å². The van der Waals surface area contributed by atoms with E-state index in [4.69, 9.17) is 0 Å². The number of piperidine rings is 1. The van der Waals surface area contributed by atoms with Crippen molar-refractivity contribution < 1.29 is 8.42 Å². The number of hydrogen-bond donors (Lipinski definition) is 1. The third kappa shape index (κ3) is 3.57. The van der Waals surface area contributed by atoms with Crippen molar-refractivity contribution in [3.8, 4) is 0 Å². The average molecular weight is 332 g/mol. The molecule has 1 aliphatic rings. The van der Waals surface area contributed by atoms with E-state index in [2.05, 4.69) is 12.2 Å². The van der Waals surface area contributed by atoms with Crippen LogP contribution in [0.4, 0.5) is 0 Å². The molecule has 5 heteroatoms. The molecule has 2 aromatic rings. The predicted octanol–water partition coefficient (Wildman–Crippen LogP) is 2.85. The van der Waals surface area contributed by atoms with Gasteiger partial charge in [0.25, 0.3) is 0 Å². The molecule has 0 aliphatic carbocycles. The molecule has 4 nitrogen and oxygen atoms in total. The van der Waals surface area contributed by atoms with Crippen LogP contribution in [0.2, 0.25) is 0 Å². The SMILES string of the molecule is CCNCC1CCN(S(=O)(=O)c2ccc3ccccc3c2)CC1. The highest BCUT2D eigenvalue weighted by Gasteiger charge is 2.29. The summed E-state index contributed by atoms with van der Waals surface area (Å²) in [6.45, 7) is 5.28. The second kappa shape index (κ2) is 6.99. The number of nitrogens with zero attached hydrogens (tertiary/aromatic N) is 1. The standard InChI is InChI=1S/C18H24N2O2S/c1-2-19-14-15-9-11-20(12-10-15)23(21,22)18-8-7-16-5-3-4-6-17(16)13-18/h3-8,13,15,19H,2,9-12,14H2,1H3. The first-order chi connectivity index (χ1) is 11.1. The van der Waals surface area contributed by atoms with Gasteiger partial charge in [0.1, 0.15) is 0 Å². The van der Waals surface area contributed by atoms with Gasteiger partial charge in [0.05, 0.1) is 4.90 Å². The van der Waals surface area contributed by atoms with Gasteiger partial charge >= 0.3 is 0 Å². The van der Waals surface area contributed by atoms with E-state index in [0.29, 0.717) is 23.9 Å². The second-order valence-corrected chi connectivity index (χ2v) is 8.10.